The minimum Gasteiger partial charge on any atom is -0.452 e. The number of nitrogens with one attached hydrogen (secondary N) is 1. The number of carbonyl (C=O) groups excluding carboxylic acids is 1. The molecule has 2 aromatic rings. The molecule has 1 aliphatic rings. The fourth-order valence-electron chi connectivity index (χ4n) is 2.69. The van der Waals surface area contributed by atoms with Crippen molar-refractivity contribution in [2.24, 2.45) is 0 Å². The van der Waals surface area contributed by atoms with Crippen molar-refractivity contribution < 1.29 is 32.4 Å². The zero-order valence-corrected chi connectivity index (χ0v) is 13.7. The van der Waals surface area contributed by atoms with E-state index in [1.807, 2.05) is 0 Å². The summed E-state index contributed by atoms with van der Waals surface area (Å²) in [6.45, 7) is 0.0523. The molecule has 0 radical (unpaired) electrons. The van der Waals surface area contributed by atoms with Crippen LogP contribution in [0.3, 0.4) is 0 Å². The van der Waals surface area contributed by atoms with Crippen LogP contribution < -0.4 is 10.1 Å². The van der Waals surface area contributed by atoms with Gasteiger partial charge in [0.05, 0.1) is 17.0 Å². The van der Waals surface area contributed by atoms with Gasteiger partial charge >= 0.3 is 12.1 Å². The third-order valence-corrected chi connectivity index (χ3v) is 3.83. The summed E-state index contributed by atoms with van der Waals surface area (Å²) in [6, 6.07) is 10.8. The molecule has 0 spiro atoms. The van der Waals surface area contributed by atoms with Gasteiger partial charge in [0.15, 0.2) is 0 Å². The van der Waals surface area contributed by atoms with Crippen molar-refractivity contribution >= 4 is 11.7 Å². The van der Waals surface area contributed by atoms with Crippen LogP contribution >= 0.6 is 0 Å². The number of hydrogen-bond acceptors (Lipinski definition) is 6. The number of hydrogen-bond donors (Lipinski definition) is 1. The molecule has 10 heteroatoms. The van der Waals surface area contributed by atoms with Crippen LogP contribution in [0, 0.1) is 10.1 Å². The summed E-state index contributed by atoms with van der Waals surface area (Å²) in [6.07, 6.45) is -6.69. The largest absolute Gasteiger partial charge is 0.491 e. The minimum absolute atomic E-state index is 0.122. The van der Waals surface area contributed by atoms with Gasteiger partial charge in [-0.25, -0.2) is 4.79 Å². The average molecular weight is 382 g/mol. The van der Waals surface area contributed by atoms with Gasteiger partial charge in [0.25, 0.3) is 12.0 Å². The minimum atomic E-state index is -5.16. The molecule has 1 atom stereocenters. The van der Waals surface area contributed by atoms with Crippen molar-refractivity contribution in [3.63, 3.8) is 0 Å². The first kappa shape index (κ1) is 18.6. The summed E-state index contributed by atoms with van der Waals surface area (Å²) in [5.41, 5.74) is 0.936. The third-order valence-electron chi connectivity index (χ3n) is 3.83. The fraction of sp³-hybridized carbons (Fsp3) is 0.235. The molecular weight excluding hydrogens is 369 g/mol. The van der Waals surface area contributed by atoms with Gasteiger partial charge in [-0.1, -0.05) is 30.3 Å². The second kappa shape index (κ2) is 7.23. The van der Waals surface area contributed by atoms with Gasteiger partial charge in [0.2, 0.25) is 0 Å². The average Bonchev–Trinajstić information content (AvgIpc) is 2.82. The number of para-hydroxylation sites is 2. The molecule has 1 unspecified atom stereocenters. The maximum atomic E-state index is 12.5. The van der Waals surface area contributed by atoms with E-state index >= 15 is 0 Å². The Hall–Kier alpha value is -3.14. The van der Waals surface area contributed by atoms with Gasteiger partial charge in [-0.2, -0.15) is 13.2 Å². The van der Waals surface area contributed by atoms with Crippen LogP contribution in [-0.4, -0.2) is 29.9 Å². The second-order valence-corrected chi connectivity index (χ2v) is 5.65. The number of nitro benzene ring substituents is 1. The summed E-state index contributed by atoms with van der Waals surface area (Å²) in [4.78, 5) is 21.9. The summed E-state index contributed by atoms with van der Waals surface area (Å²) in [7, 11) is 0. The number of alkyl halides is 3. The molecule has 142 valence electrons. The summed E-state index contributed by atoms with van der Waals surface area (Å²) >= 11 is 0. The van der Waals surface area contributed by atoms with E-state index in [0.29, 0.717) is 11.1 Å². The van der Waals surface area contributed by atoms with Crippen molar-refractivity contribution in [1.82, 2.24) is 5.32 Å². The van der Waals surface area contributed by atoms with Crippen LogP contribution in [-0.2, 0) is 16.1 Å². The molecular formula is C17H13F3N2O5. The molecule has 0 amide bonds. The molecule has 1 aliphatic heterocycles. The Labute approximate surface area is 150 Å². The quantitative estimate of drug-likeness (QED) is 0.498. The maximum absolute atomic E-state index is 12.5. The molecule has 0 fully saturated rings. The predicted octanol–water partition coefficient (Wildman–Crippen LogP) is 3.18. The molecule has 0 aliphatic carbocycles. The number of nitrogens with zero attached hydrogens (tertiary/aromatic N) is 1. The van der Waals surface area contributed by atoms with Crippen LogP contribution in [0.5, 0.6) is 5.75 Å². The Bertz CT molecular complexity index is 885. The van der Waals surface area contributed by atoms with Gasteiger partial charge in [-0.3, -0.25) is 10.1 Å². The van der Waals surface area contributed by atoms with Gasteiger partial charge in [0.1, 0.15) is 5.75 Å². The highest BCUT2D eigenvalue weighted by Gasteiger charge is 2.43. The first-order valence-corrected chi connectivity index (χ1v) is 7.78. The van der Waals surface area contributed by atoms with Crippen molar-refractivity contribution in [2.75, 3.05) is 6.54 Å². The number of rotatable bonds is 3. The number of carbonyl (C=O) groups is 1. The summed E-state index contributed by atoms with van der Waals surface area (Å²) in [5.74, 6) is -2.25. The second-order valence-electron chi connectivity index (χ2n) is 5.65. The predicted molar refractivity (Wildman–Crippen MR) is 86.8 cm³/mol. The molecule has 7 nitrogen and oxygen atoms in total. The van der Waals surface area contributed by atoms with E-state index in [1.165, 1.54) is 18.2 Å². The lowest BCUT2D eigenvalue weighted by Crippen LogP contribution is -2.37. The zero-order chi connectivity index (χ0) is 19.6. The first-order valence-electron chi connectivity index (χ1n) is 7.78. The van der Waals surface area contributed by atoms with Crippen molar-refractivity contribution in [1.29, 1.82) is 0 Å². The molecule has 0 saturated heterocycles. The van der Waals surface area contributed by atoms with E-state index in [0.717, 1.165) is 0 Å². The third kappa shape index (κ3) is 4.00. The van der Waals surface area contributed by atoms with Crippen LogP contribution in [0.1, 0.15) is 5.56 Å². The summed E-state index contributed by atoms with van der Waals surface area (Å²) in [5, 5.41) is 14.1. The Morgan fingerprint density at radius 3 is 2.59 bits per heavy atom. The number of nitro groups is 1. The lowest BCUT2D eigenvalue weighted by Gasteiger charge is -2.20. The van der Waals surface area contributed by atoms with E-state index in [9.17, 15) is 28.1 Å². The Balaban J connectivity index is 2.00. The highest BCUT2D eigenvalue weighted by atomic mass is 19.4. The van der Waals surface area contributed by atoms with Crippen molar-refractivity contribution in [2.45, 2.75) is 19.0 Å². The monoisotopic (exact) mass is 382 g/mol. The Morgan fingerprint density at radius 1 is 1.19 bits per heavy atom. The number of benzene rings is 2. The van der Waals surface area contributed by atoms with E-state index in [-0.39, 0.29) is 30.1 Å². The lowest BCUT2D eigenvalue weighted by molar-refractivity contribution is -0.384. The van der Waals surface area contributed by atoms with Crippen LogP contribution in [0.4, 0.5) is 18.9 Å². The van der Waals surface area contributed by atoms with Crippen LogP contribution in [0.2, 0.25) is 0 Å². The zero-order valence-electron chi connectivity index (χ0n) is 13.7. The SMILES string of the molecule is O=C(OC1CNCc2cccc(-c3ccccc3[N+](=O)[O-])c2O1)C(F)(F)F. The molecule has 1 heterocycles. The molecule has 3 rings (SSSR count). The Kier molecular flexibility index (Phi) is 5.00. The molecule has 1 N–H and O–H groups in total. The Morgan fingerprint density at radius 2 is 1.89 bits per heavy atom. The highest BCUT2D eigenvalue weighted by Crippen LogP contribution is 2.39. The van der Waals surface area contributed by atoms with Crippen LogP contribution in [0.25, 0.3) is 11.1 Å². The van der Waals surface area contributed by atoms with Gasteiger partial charge in [-0.05, 0) is 6.07 Å². The van der Waals surface area contributed by atoms with E-state index in [2.05, 4.69) is 10.1 Å². The first-order chi connectivity index (χ1) is 12.8. The van der Waals surface area contributed by atoms with Gasteiger partial charge in [0, 0.05) is 23.7 Å². The number of esters is 1. The molecule has 0 saturated carbocycles. The number of halogens is 3. The van der Waals surface area contributed by atoms with E-state index in [1.54, 1.807) is 24.3 Å². The van der Waals surface area contributed by atoms with Gasteiger partial charge in [-0.15, -0.1) is 0 Å². The lowest BCUT2D eigenvalue weighted by atomic mass is 10.00. The number of fused-ring (bicyclic) bond motifs is 1. The van der Waals surface area contributed by atoms with Crippen molar-refractivity contribution in [3.05, 3.63) is 58.1 Å². The highest BCUT2D eigenvalue weighted by molar-refractivity contribution is 5.79. The van der Waals surface area contributed by atoms with E-state index < -0.39 is 23.4 Å². The summed E-state index contributed by atoms with van der Waals surface area (Å²) < 4.78 is 47.3. The maximum Gasteiger partial charge on any atom is 0.491 e. The molecule has 0 aromatic heterocycles. The molecule has 0 bridgehead atoms. The standard InChI is InChI=1S/C17H13F3N2O5/c18-17(19,20)16(23)27-14-9-21-8-10-4-3-6-12(15(10)26-14)11-5-1-2-7-13(11)22(24)25/h1-7,14,21H,8-9H2. The molecule has 27 heavy (non-hydrogen) atoms. The van der Waals surface area contributed by atoms with Gasteiger partial charge < -0.3 is 14.8 Å². The van der Waals surface area contributed by atoms with Crippen LogP contribution in [0.15, 0.2) is 42.5 Å². The van der Waals surface area contributed by atoms with Crippen molar-refractivity contribution in [3.8, 4) is 16.9 Å². The normalized spacial score (nSPS) is 16.6. The fourth-order valence-corrected chi connectivity index (χ4v) is 2.69. The number of ether oxygens (including phenoxy) is 2. The smallest absolute Gasteiger partial charge is 0.452 e. The topological polar surface area (TPSA) is 90.7 Å². The molecule has 2 aromatic carbocycles. The van der Waals surface area contributed by atoms with E-state index in [4.69, 9.17) is 4.74 Å².